The predicted molar refractivity (Wildman–Crippen MR) is 76.5 cm³/mol. The van der Waals surface area contributed by atoms with Crippen LogP contribution in [-0.4, -0.2) is 18.8 Å². The van der Waals surface area contributed by atoms with Crippen molar-refractivity contribution in [2.75, 3.05) is 6.61 Å². The molecule has 2 fully saturated rings. The van der Waals surface area contributed by atoms with Crippen molar-refractivity contribution < 1.29 is 4.74 Å². The Labute approximate surface area is 113 Å². The lowest BCUT2D eigenvalue weighted by molar-refractivity contribution is -0.141. The summed E-state index contributed by atoms with van der Waals surface area (Å²) in [5.74, 6) is 0.740. The SMILES string of the molecule is CCC(CC)COC1CC(N)C12CCCCCC2. The zero-order valence-electron chi connectivity index (χ0n) is 12.3. The molecule has 0 aliphatic heterocycles. The van der Waals surface area contributed by atoms with Crippen molar-refractivity contribution in [3.05, 3.63) is 0 Å². The molecule has 0 heterocycles. The molecule has 106 valence electrons. The van der Waals surface area contributed by atoms with Crippen molar-refractivity contribution in [2.45, 2.75) is 83.8 Å². The average molecular weight is 253 g/mol. The molecule has 2 aliphatic carbocycles. The Balaban J connectivity index is 1.88. The van der Waals surface area contributed by atoms with Gasteiger partial charge in [0.25, 0.3) is 0 Å². The van der Waals surface area contributed by atoms with Crippen LogP contribution in [0, 0.1) is 11.3 Å². The Morgan fingerprint density at radius 1 is 1.11 bits per heavy atom. The van der Waals surface area contributed by atoms with Gasteiger partial charge >= 0.3 is 0 Å². The van der Waals surface area contributed by atoms with Gasteiger partial charge in [-0.25, -0.2) is 0 Å². The van der Waals surface area contributed by atoms with Gasteiger partial charge in [0.15, 0.2) is 0 Å². The zero-order chi connectivity index (χ0) is 13.0. The highest BCUT2D eigenvalue weighted by Gasteiger charge is 2.53. The van der Waals surface area contributed by atoms with E-state index in [1.807, 2.05) is 0 Å². The highest BCUT2D eigenvalue weighted by Crippen LogP contribution is 2.51. The van der Waals surface area contributed by atoms with Crippen molar-refractivity contribution in [3.8, 4) is 0 Å². The van der Waals surface area contributed by atoms with E-state index in [2.05, 4.69) is 13.8 Å². The quantitative estimate of drug-likeness (QED) is 0.807. The molecule has 1 spiro atoms. The maximum absolute atomic E-state index is 6.34. The van der Waals surface area contributed by atoms with Crippen LogP contribution in [-0.2, 0) is 4.74 Å². The number of rotatable bonds is 5. The zero-order valence-corrected chi connectivity index (χ0v) is 12.3. The summed E-state index contributed by atoms with van der Waals surface area (Å²) in [4.78, 5) is 0. The summed E-state index contributed by atoms with van der Waals surface area (Å²) < 4.78 is 6.26. The molecule has 2 unspecified atom stereocenters. The van der Waals surface area contributed by atoms with Crippen LogP contribution < -0.4 is 5.73 Å². The minimum absolute atomic E-state index is 0.350. The molecule has 2 atom stereocenters. The summed E-state index contributed by atoms with van der Waals surface area (Å²) in [6.45, 7) is 5.49. The standard InChI is InChI=1S/C16H31NO/c1-3-13(4-2)12-18-15-11-14(17)16(15)9-7-5-6-8-10-16/h13-15H,3-12,17H2,1-2H3. The molecule has 2 nitrogen and oxygen atoms in total. The lowest BCUT2D eigenvalue weighted by atomic mass is 9.58. The molecule has 0 aromatic carbocycles. The average Bonchev–Trinajstić information content (AvgIpc) is 2.66. The molecule has 2 aliphatic rings. The van der Waals surface area contributed by atoms with Crippen LogP contribution in [0.15, 0.2) is 0 Å². The van der Waals surface area contributed by atoms with Gasteiger partial charge in [0, 0.05) is 18.1 Å². The number of nitrogens with two attached hydrogens (primary N) is 1. The molecular weight excluding hydrogens is 222 g/mol. The third-order valence-electron chi connectivity index (χ3n) is 5.57. The van der Waals surface area contributed by atoms with Crippen LogP contribution in [0.25, 0.3) is 0 Å². The fourth-order valence-electron chi connectivity index (χ4n) is 3.87. The van der Waals surface area contributed by atoms with Crippen LogP contribution in [0.2, 0.25) is 0 Å². The molecule has 2 saturated carbocycles. The van der Waals surface area contributed by atoms with Gasteiger partial charge in [-0.15, -0.1) is 0 Å². The Bertz CT molecular complexity index is 241. The molecule has 2 rings (SSSR count). The number of hydrogen-bond acceptors (Lipinski definition) is 2. The van der Waals surface area contributed by atoms with Crippen LogP contribution >= 0.6 is 0 Å². The first-order valence-electron chi connectivity index (χ1n) is 8.10. The minimum Gasteiger partial charge on any atom is -0.377 e. The van der Waals surface area contributed by atoms with Gasteiger partial charge in [0.1, 0.15) is 0 Å². The Morgan fingerprint density at radius 3 is 2.22 bits per heavy atom. The minimum atomic E-state index is 0.350. The van der Waals surface area contributed by atoms with E-state index in [1.165, 1.54) is 51.4 Å². The smallest absolute Gasteiger partial charge is 0.0661 e. The first-order valence-corrected chi connectivity index (χ1v) is 8.10. The van der Waals surface area contributed by atoms with E-state index in [0.29, 0.717) is 17.6 Å². The summed E-state index contributed by atoms with van der Waals surface area (Å²) in [5.41, 5.74) is 6.69. The van der Waals surface area contributed by atoms with Gasteiger partial charge in [-0.2, -0.15) is 0 Å². The van der Waals surface area contributed by atoms with Crippen LogP contribution in [0.1, 0.15) is 71.6 Å². The van der Waals surface area contributed by atoms with E-state index < -0.39 is 0 Å². The van der Waals surface area contributed by atoms with Crippen LogP contribution in [0.3, 0.4) is 0 Å². The fraction of sp³-hybridized carbons (Fsp3) is 1.00. The van der Waals surface area contributed by atoms with Crippen LogP contribution in [0.4, 0.5) is 0 Å². The van der Waals surface area contributed by atoms with Gasteiger partial charge in [0.2, 0.25) is 0 Å². The Kier molecular flexibility index (Phi) is 5.08. The van der Waals surface area contributed by atoms with Crippen molar-refractivity contribution in [2.24, 2.45) is 17.1 Å². The van der Waals surface area contributed by atoms with E-state index in [4.69, 9.17) is 10.5 Å². The van der Waals surface area contributed by atoms with Crippen molar-refractivity contribution in [1.29, 1.82) is 0 Å². The van der Waals surface area contributed by atoms with E-state index in [-0.39, 0.29) is 0 Å². The molecular formula is C16H31NO. The molecule has 2 N–H and O–H groups in total. The summed E-state index contributed by atoms with van der Waals surface area (Å²) in [6.07, 6.45) is 12.2. The van der Waals surface area contributed by atoms with E-state index in [9.17, 15) is 0 Å². The van der Waals surface area contributed by atoms with Crippen molar-refractivity contribution >= 4 is 0 Å². The molecule has 0 amide bonds. The van der Waals surface area contributed by atoms with Gasteiger partial charge in [-0.1, -0.05) is 52.4 Å². The molecule has 0 aromatic rings. The lowest BCUT2D eigenvalue weighted by Crippen LogP contribution is -2.62. The third kappa shape index (κ3) is 2.75. The predicted octanol–water partition coefficient (Wildman–Crippen LogP) is 3.88. The van der Waals surface area contributed by atoms with Gasteiger partial charge in [-0.3, -0.25) is 0 Å². The highest BCUT2D eigenvalue weighted by atomic mass is 16.5. The fourth-order valence-corrected chi connectivity index (χ4v) is 3.87. The maximum atomic E-state index is 6.34. The lowest BCUT2D eigenvalue weighted by Gasteiger charge is -2.54. The molecule has 2 heteroatoms. The van der Waals surface area contributed by atoms with Crippen molar-refractivity contribution in [1.82, 2.24) is 0 Å². The summed E-state index contributed by atoms with van der Waals surface area (Å²) in [6, 6.07) is 0.405. The summed E-state index contributed by atoms with van der Waals surface area (Å²) in [7, 11) is 0. The maximum Gasteiger partial charge on any atom is 0.0661 e. The second kappa shape index (κ2) is 6.38. The second-order valence-electron chi connectivity index (χ2n) is 6.49. The highest BCUT2D eigenvalue weighted by molar-refractivity contribution is 5.07. The molecule has 0 saturated heterocycles. The largest absolute Gasteiger partial charge is 0.377 e. The number of hydrogen-bond donors (Lipinski definition) is 1. The number of ether oxygens (including phenoxy) is 1. The monoisotopic (exact) mass is 253 g/mol. The van der Waals surface area contributed by atoms with Crippen molar-refractivity contribution in [3.63, 3.8) is 0 Å². The molecule has 0 bridgehead atoms. The van der Waals surface area contributed by atoms with Gasteiger partial charge < -0.3 is 10.5 Å². The first kappa shape index (κ1) is 14.3. The second-order valence-corrected chi connectivity index (χ2v) is 6.49. The Hall–Kier alpha value is -0.0800. The van der Waals surface area contributed by atoms with E-state index >= 15 is 0 Å². The normalized spacial score (nSPS) is 31.3. The van der Waals surface area contributed by atoms with E-state index in [1.54, 1.807) is 0 Å². The molecule has 0 radical (unpaired) electrons. The summed E-state index contributed by atoms with van der Waals surface area (Å²) >= 11 is 0. The topological polar surface area (TPSA) is 35.2 Å². The van der Waals surface area contributed by atoms with Gasteiger partial charge in [-0.05, 0) is 25.2 Å². The van der Waals surface area contributed by atoms with Crippen LogP contribution in [0.5, 0.6) is 0 Å². The van der Waals surface area contributed by atoms with E-state index in [0.717, 1.165) is 18.9 Å². The first-order chi connectivity index (χ1) is 8.73. The third-order valence-corrected chi connectivity index (χ3v) is 5.57. The molecule has 18 heavy (non-hydrogen) atoms. The van der Waals surface area contributed by atoms with Gasteiger partial charge in [0.05, 0.1) is 6.10 Å². The molecule has 0 aromatic heterocycles. The Morgan fingerprint density at radius 2 is 1.72 bits per heavy atom. The summed E-state index contributed by atoms with van der Waals surface area (Å²) in [5, 5.41) is 0.